The second kappa shape index (κ2) is 18.4. The van der Waals surface area contributed by atoms with Crippen LogP contribution in [0, 0.1) is 0 Å². The number of rotatable bonds is 13. The third kappa shape index (κ3) is 17.4. The zero-order valence-corrected chi connectivity index (χ0v) is 14.4. The van der Waals surface area contributed by atoms with E-state index in [1.54, 1.807) is 0 Å². The lowest BCUT2D eigenvalue weighted by molar-refractivity contribution is 0.167. The highest BCUT2D eigenvalue weighted by Gasteiger charge is 1.82. The van der Waals surface area contributed by atoms with Crippen molar-refractivity contribution in [2.24, 2.45) is 0 Å². The molecule has 0 radical (unpaired) electrons. The molecular weight excluding hydrogens is 312 g/mol. The zero-order valence-electron chi connectivity index (χ0n) is 12.8. The maximum atomic E-state index is 5.49. The summed E-state index contributed by atoms with van der Waals surface area (Å²) in [5, 5.41) is 1.00. The largest absolute Gasteiger partial charge is 0.377 e. The number of hydrogen-bond donors (Lipinski definition) is 0. The van der Waals surface area contributed by atoms with Crippen LogP contribution in [0.1, 0.15) is 51.9 Å². The summed E-state index contributed by atoms with van der Waals surface area (Å²) < 4.78 is 5.49. The van der Waals surface area contributed by atoms with Gasteiger partial charge in [-0.1, -0.05) is 60.0 Å². The van der Waals surface area contributed by atoms with Gasteiger partial charge < -0.3 is 4.74 Å². The van der Waals surface area contributed by atoms with Crippen LogP contribution in [-0.2, 0) is 4.74 Å². The van der Waals surface area contributed by atoms with E-state index in [0.717, 1.165) is 31.2 Å². The van der Waals surface area contributed by atoms with Crippen LogP contribution in [0.3, 0.4) is 0 Å². The van der Waals surface area contributed by atoms with Crippen molar-refractivity contribution in [3.05, 3.63) is 42.2 Å². The van der Waals surface area contributed by atoms with Crippen molar-refractivity contribution in [1.82, 2.24) is 0 Å². The number of hydrogen-bond acceptors (Lipinski definition) is 1. The minimum absolute atomic E-state index is 0.711. The van der Waals surface area contributed by atoms with Gasteiger partial charge in [0.25, 0.3) is 0 Å². The van der Waals surface area contributed by atoms with Gasteiger partial charge in [-0.25, -0.2) is 0 Å². The summed E-state index contributed by atoms with van der Waals surface area (Å²) in [4.78, 5) is 0. The average molecular weight is 341 g/mol. The van der Waals surface area contributed by atoms with Crippen LogP contribution >= 0.6 is 15.9 Å². The quantitative estimate of drug-likeness (QED) is 0.173. The fourth-order valence-electron chi connectivity index (χ4n) is 1.57. The van der Waals surface area contributed by atoms with Gasteiger partial charge in [0, 0.05) is 5.33 Å². The van der Waals surface area contributed by atoms with Gasteiger partial charge in [0.05, 0.1) is 13.2 Å². The third-order valence-corrected chi connectivity index (χ3v) is 3.15. The Hall–Kier alpha value is -0.560. The van der Waals surface area contributed by atoms with Gasteiger partial charge in [0.2, 0.25) is 0 Å². The lowest BCUT2D eigenvalue weighted by Crippen LogP contribution is -1.91. The van der Waals surface area contributed by atoms with Gasteiger partial charge in [0.15, 0.2) is 0 Å². The first-order valence-electron chi connectivity index (χ1n) is 7.75. The van der Waals surface area contributed by atoms with Crippen molar-refractivity contribution in [2.45, 2.75) is 51.9 Å². The summed E-state index contributed by atoms with van der Waals surface area (Å²) >= 11 is 3.37. The molecule has 0 rings (SSSR count). The predicted molar refractivity (Wildman–Crippen MR) is 93.5 cm³/mol. The molecule has 0 fully saturated rings. The molecule has 0 aliphatic heterocycles. The number of ether oxygens (including phenoxy) is 1. The summed E-state index contributed by atoms with van der Waals surface area (Å²) in [6, 6.07) is 0. The molecule has 0 N–H and O–H groups in total. The SMILES string of the molecule is CCCCCC=CCC=CCOCCC=C=CCCBr. The molecule has 0 unspecified atom stereocenters. The van der Waals surface area contributed by atoms with Crippen molar-refractivity contribution >= 4 is 15.9 Å². The molecule has 20 heavy (non-hydrogen) atoms. The smallest absolute Gasteiger partial charge is 0.0647 e. The summed E-state index contributed by atoms with van der Waals surface area (Å²) in [5.74, 6) is 0. The first-order valence-corrected chi connectivity index (χ1v) is 8.87. The predicted octanol–water partition coefficient (Wildman–Crippen LogP) is 5.97. The Balaban J connectivity index is 3.29. The molecule has 114 valence electrons. The number of unbranched alkanes of at least 4 members (excludes halogenated alkanes) is 3. The molecule has 0 aromatic rings. The summed E-state index contributed by atoms with van der Waals surface area (Å²) in [7, 11) is 0. The summed E-state index contributed by atoms with van der Waals surface area (Å²) in [6.07, 6.45) is 21.0. The fourth-order valence-corrected chi connectivity index (χ4v) is 1.80. The summed E-state index contributed by atoms with van der Waals surface area (Å²) in [6.45, 7) is 3.72. The lowest BCUT2D eigenvalue weighted by Gasteiger charge is -1.95. The Morgan fingerprint density at radius 1 is 0.950 bits per heavy atom. The highest BCUT2D eigenvalue weighted by molar-refractivity contribution is 9.09. The van der Waals surface area contributed by atoms with Crippen LogP contribution in [0.15, 0.2) is 42.2 Å². The van der Waals surface area contributed by atoms with E-state index in [-0.39, 0.29) is 0 Å². The molecule has 0 saturated heterocycles. The molecule has 0 aliphatic carbocycles. The Morgan fingerprint density at radius 2 is 1.75 bits per heavy atom. The van der Waals surface area contributed by atoms with Gasteiger partial charge in [-0.3, -0.25) is 0 Å². The van der Waals surface area contributed by atoms with Gasteiger partial charge in [-0.05, 0) is 44.3 Å². The highest BCUT2D eigenvalue weighted by atomic mass is 79.9. The molecule has 1 nitrogen and oxygen atoms in total. The first-order chi connectivity index (χ1) is 9.91. The van der Waals surface area contributed by atoms with Crippen molar-refractivity contribution in [3.63, 3.8) is 0 Å². The van der Waals surface area contributed by atoms with E-state index in [0.29, 0.717) is 6.61 Å². The van der Waals surface area contributed by atoms with Gasteiger partial charge in [-0.15, -0.1) is 5.73 Å². The monoisotopic (exact) mass is 340 g/mol. The van der Waals surface area contributed by atoms with Crippen molar-refractivity contribution < 1.29 is 4.74 Å². The van der Waals surface area contributed by atoms with Crippen LogP contribution in [0.2, 0.25) is 0 Å². The average Bonchev–Trinajstić information content (AvgIpc) is 2.47. The van der Waals surface area contributed by atoms with E-state index in [2.05, 4.69) is 52.9 Å². The van der Waals surface area contributed by atoms with E-state index in [9.17, 15) is 0 Å². The number of alkyl halides is 1. The normalized spacial score (nSPS) is 11.1. The first kappa shape index (κ1) is 19.4. The van der Waals surface area contributed by atoms with E-state index in [1.807, 2.05) is 12.2 Å². The Bertz CT molecular complexity index is 299. The second-order valence-electron chi connectivity index (χ2n) is 4.59. The van der Waals surface area contributed by atoms with Gasteiger partial charge >= 0.3 is 0 Å². The van der Waals surface area contributed by atoms with Crippen molar-refractivity contribution in [2.75, 3.05) is 18.5 Å². The molecule has 0 saturated carbocycles. The molecule has 0 bridgehead atoms. The highest BCUT2D eigenvalue weighted by Crippen LogP contribution is 2.00. The van der Waals surface area contributed by atoms with Crippen LogP contribution in [0.4, 0.5) is 0 Å². The van der Waals surface area contributed by atoms with E-state index in [1.165, 1.54) is 25.7 Å². The van der Waals surface area contributed by atoms with Crippen molar-refractivity contribution in [1.29, 1.82) is 0 Å². The van der Waals surface area contributed by atoms with Crippen LogP contribution in [0.25, 0.3) is 0 Å². The van der Waals surface area contributed by atoms with Crippen LogP contribution in [-0.4, -0.2) is 18.5 Å². The Labute approximate surface area is 133 Å². The Morgan fingerprint density at radius 3 is 2.55 bits per heavy atom. The van der Waals surface area contributed by atoms with E-state index < -0.39 is 0 Å². The molecule has 0 spiro atoms. The van der Waals surface area contributed by atoms with Crippen LogP contribution < -0.4 is 0 Å². The maximum absolute atomic E-state index is 5.49. The lowest BCUT2D eigenvalue weighted by atomic mass is 10.2. The van der Waals surface area contributed by atoms with Gasteiger partial charge in [-0.2, -0.15) is 0 Å². The molecule has 0 heterocycles. The molecule has 0 amide bonds. The fraction of sp³-hybridized carbons (Fsp3) is 0.611. The molecule has 2 heteroatoms. The second-order valence-corrected chi connectivity index (χ2v) is 5.38. The molecule has 0 atom stereocenters. The van der Waals surface area contributed by atoms with Gasteiger partial charge in [0.1, 0.15) is 0 Å². The molecule has 0 aromatic heterocycles. The third-order valence-electron chi connectivity index (χ3n) is 2.69. The zero-order chi connectivity index (χ0) is 14.7. The number of allylic oxidation sites excluding steroid dienone is 3. The van der Waals surface area contributed by atoms with Crippen molar-refractivity contribution in [3.8, 4) is 0 Å². The summed E-state index contributed by atoms with van der Waals surface area (Å²) in [5.41, 5.74) is 3.14. The maximum Gasteiger partial charge on any atom is 0.0647 e. The molecule has 0 aromatic carbocycles. The van der Waals surface area contributed by atoms with E-state index >= 15 is 0 Å². The minimum Gasteiger partial charge on any atom is -0.377 e. The van der Waals surface area contributed by atoms with E-state index in [4.69, 9.17) is 4.74 Å². The standard InChI is InChI=1S/C18H29BrO/c1-2-3-4-5-6-7-8-11-14-17-20-18-15-12-9-10-13-16-19/h6-7,10-12,14H,2-5,8,13,15-18H2,1H3. The topological polar surface area (TPSA) is 9.23 Å². The minimum atomic E-state index is 0.711. The van der Waals surface area contributed by atoms with Crippen LogP contribution in [0.5, 0.6) is 0 Å². The Kier molecular flexibility index (Phi) is 17.9. The molecular formula is C18H29BrO. The molecule has 0 aliphatic rings. The number of halogens is 1.